The zero-order valence-corrected chi connectivity index (χ0v) is 14.4. The van der Waals surface area contributed by atoms with E-state index in [1.54, 1.807) is 0 Å². The van der Waals surface area contributed by atoms with Gasteiger partial charge in [-0.05, 0) is 36.7 Å². The minimum absolute atomic E-state index is 0.0570. The van der Waals surface area contributed by atoms with E-state index in [9.17, 15) is 14.9 Å². The summed E-state index contributed by atoms with van der Waals surface area (Å²) in [5.74, 6) is 0.653. The molecular weight excluding hydrogens is 318 g/mol. The first kappa shape index (κ1) is 17.7. The molecule has 0 unspecified atom stereocenters. The fourth-order valence-electron chi connectivity index (χ4n) is 3.23. The lowest BCUT2D eigenvalue weighted by Gasteiger charge is -2.36. The van der Waals surface area contributed by atoms with E-state index in [2.05, 4.69) is 20.8 Å². The van der Waals surface area contributed by atoms with Crippen molar-refractivity contribution in [1.82, 2.24) is 0 Å². The van der Waals surface area contributed by atoms with Crippen LogP contribution in [0.3, 0.4) is 0 Å². The summed E-state index contributed by atoms with van der Waals surface area (Å²) in [6, 6.07) is 3.82. The van der Waals surface area contributed by atoms with E-state index in [1.807, 2.05) is 0 Å². The molecule has 126 valence electrons. The van der Waals surface area contributed by atoms with Gasteiger partial charge in [-0.3, -0.25) is 10.1 Å². The summed E-state index contributed by atoms with van der Waals surface area (Å²) in [5.41, 5.74) is -0.111. The number of esters is 1. The number of carbonyl (C=O) groups is 1. The van der Waals surface area contributed by atoms with E-state index in [0.29, 0.717) is 17.8 Å². The molecule has 3 atom stereocenters. The summed E-state index contributed by atoms with van der Waals surface area (Å²) < 4.78 is 5.69. The van der Waals surface area contributed by atoms with Crippen LogP contribution in [0.5, 0.6) is 0 Å². The molecule has 6 heteroatoms. The van der Waals surface area contributed by atoms with Crippen molar-refractivity contribution in [1.29, 1.82) is 0 Å². The van der Waals surface area contributed by atoms with Crippen molar-refractivity contribution in [3.63, 3.8) is 0 Å². The van der Waals surface area contributed by atoms with E-state index in [4.69, 9.17) is 16.3 Å². The molecule has 1 aromatic carbocycles. The zero-order valence-electron chi connectivity index (χ0n) is 13.6. The molecule has 1 aliphatic rings. The molecule has 0 bridgehead atoms. The second kappa shape index (κ2) is 7.30. The van der Waals surface area contributed by atoms with Crippen LogP contribution in [-0.4, -0.2) is 17.0 Å². The van der Waals surface area contributed by atoms with E-state index in [0.717, 1.165) is 19.3 Å². The molecule has 23 heavy (non-hydrogen) atoms. The molecule has 0 heterocycles. The molecule has 2 rings (SSSR count). The molecule has 0 spiro atoms. The van der Waals surface area contributed by atoms with E-state index >= 15 is 0 Å². The Labute approximate surface area is 141 Å². The summed E-state index contributed by atoms with van der Waals surface area (Å²) in [4.78, 5) is 22.8. The summed E-state index contributed by atoms with van der Waals surface area (Å²) in [6.45, 7) is 6.40. The van der Waals surface area contributed by atoms with Crippen LogP contribution in [-0.2, 0) is 4.74 Å². The van der Waals surface area contributed by atoms with Crippen molar-refractivity contribution in [3.05, 3.63) is 38.9 Å². The highest BCUT2D eigenvalue weighted by Crippen LogP contribution is 2.36. The topological polar surface area (TPSA) is 69.4 Å². The number of hydrogen-bond donors (Lipinski definition) is 0. The number of non-ortho nitro benzene ring substituents is 1. The van der Waals surface area contributed by atoms with Crippen LogP contribution in [0.25, 0.3) is 0 Å². The highest BCUT2D eigenvalue weighted by atomic mass is 35.5. The second-order valence-corrected chi connectivity index (χ2v) is 7.10. The molecule has 0 amide bonds. The maximum Gasteiger partial charge on any atom is 0.340 e. The molecule has 0 saturated heterocycles. The average Bonchev–Trinajstić information content (AvgIpc) is 2.46. The fourth-order valence-corrected chi connectivity index (χ4v) is 3.43. The monoisotopic (exact) mass is 339 g/mol. The van der Waals surface area contributed by atoms with Crippen LogP contribution in [0.4, 0.5) is 5.69 Å². The Bertz CT molecular complexity index is 602. The van der Waals surface area contributed by atoms with Crippen LogP contribution in [0.1, 0.15) is 50.4 Å². The summed E-state index contributed by atoms with van der Waals surface area (Å²) in [6.07, 6.45) is 2.82. The van der Waals surface area contributed by atoms with Gasteiger partial charge in [-0.15, -0.1) is 0 Å². The maximum atomic E-state index is 12.5. The summed E-state index contributed by atoms with van der Waals surface area (Å²) >= 11 is 6.02. The Morgan fingerprint density at radius 2 is 2.09 bits per heavy atom. The van der Waals surface area contributed by atoms with E-state index in [1.165, 1.54) is 18.2 Å². The van der Waals surface area contributed by atoms with Crippen molar-refractivity contribution >= 4 is 23.3 Å². The number of hydrogen-bond acceptors (Lipinski definition) is 4. The minimum Gasteiger partial charge on any atom is -0.458 e. The number of carbonyl (C=O) groups excluding carboxylic acids is 1. The van der Waals surface area contributed by atoms with Crippen LogP contribution in [0.15, 0.2) is 18.2 Å². The van der Waals surface area contributed by atoms with Crippen molar-refractivity contribution in [2.75, 3.05) is 0 Å². The van der Waals surface area contributed by atoms with E-state index in [-0.39, 0.29) is 22.4 Å². The van der Waals surface area contributed by atoms with Crippen molar-refractivity contribution in [2.24, 2.45) is 17.8 Å². The zero-order chi connectivity index (χ0) is 17.1. The minimum atomic E-state index is -0.580. The Kier molecular flexibility index (Phi) is 5.63. The Morgan fingerprint density at radius 1 is 1.39 bits per heavy atom. The molecule has 1 fully saturated rings. The van der Waals surface area contributed by atoms with Crippen LogP contribution < -0.4 is 0 Å². The number of benzene rings is 1. The third kappa shape index (κ3) is 4.22. The predicted molar refractivity (Wildman–Crippen MR) is 88.7 cm³/mol. The molecule has 5 nitrogen and oxygen atoms in total. The lowest BCUT2D eigenvalue weighted by Crippen LogP contribution is -2.35. The maximum absolute atomic E-state index is 12.5. The Balaban J connectivity index is 2.20. The van der Waals surface area contributed by atoms with Gasteiger partial charge >= 0.3 is 5.97 Å². The first-order valence-corrected chi connectivity index (χ1v) is 8.32. The summed E-state index contributed by atoms with van der Waals surface area (Å²) in [7, 11) is 0. The van der Waals surface area contributed by atoms with Crippen LogP contribution >= 0.6 is 11.6 Å². The highest BCUT2D eigenvalue weighted by molar-refractivity contribution is 6.33. The van der Waals surface area contributed by atoms with Gasteiger partial charge in [0.05, 0.1) is 15.5 Å². The molecule has 1 aromatic rings. The van der Waals surface area contributed by atoms with Crippen molar-refractivity contribution < 1.29 is 14.5 Å². The molecule has 0 aliphatic heterocycles. The van der Waals surface area contributed by atoms with Crippen LogP contribution in [0, 0.1) is 27.9 Å². The quantitative estimate of drug-likeness (QED) is 0.446. The lowest BCUT2D eigenvalue weighted by molar-refractivity contribution is -0.384. The smallest absolute Gasteiger partial charge is 0.340 e. The number of nitro groups is 1. The first-order chi connectivity index (χ1) is 10.8. The van der Waals surface area contributed by atoms with Gasteiger partial charge in [0, 0.05) is 12.1 Å². The normalized spacial score (nSPS) is 24.5. The summed E-state index contributed by atoms with van der Waals surface area (Å²) in [5, 5.41) is 11.0. The van der Waals surface area contributed by atoms with Crippen molar-refractivity contribution in [2.45, 2.75) is 46.1 Å². The fraction of sp³-hybridized carbons (Fsp3) is 0.588. The van der Waals surface area contributed by atoms with Gasteiger partial charge in [0.1, 0.15) is 6.10 Å². The number of halogens is 1. The average molecular weight is 340 g/mol. The van der Waals surface area contributed by atoms with Gasteiger partial charge in [-0.25, -0.2) is 4.79 Å². The van der Waals surface area contributed by atoms with Gasteiger partial charge in [0.2, 0.25) is 0 Å². The number of nitro benzene ring substituents is 1. The third-order valence-electron chi connectivity index (χ3n) is 4.60. The SMILES string of the molecule is CC(C)[C@@H]1CC[C@H](C)C[C@H]1OC(=O)c1cc([N+](=O)[O-])ccc1Cl. The van der Waals surface area contributed by atoms with Gasteiger partial charge in [-0.2, -0.15) is 0 Å². The predicted octanol–water partition coefficient (Wildman–Crippen LogP) is 4.87. The third-order valence-corrected chi connectivity index (χ3v) is 4.93. The Morgan fingerprint density at radius 3 is 2.70 bits per heavy atom. The molecule has 0 aromatic heterocycles. The van der Waals surface area contributed by atoms with Gasteiger partial charge in [0.25, 0.3) is 5.69 Å². The van der Waals surface area contributed by atoms with Gasteiger partial charge in [0.15, 0.2) is 0 Å². The number of nitrogens with zero attached hydrogens (tertiary/aromatic N) is 1. The molecule has 0 N–H and O–H groups in total. The number of ether oxygens (including phenoxy) is 1. The molecule has 1 aliphatic carbocycles. The van der Waals surface area contributed by atoms with Gasteiger partial charge < -0.3 is 4.74 Å². The standard InChI is InChI=1S/C17H22ClNO4/c1-10(2)13-6-4-11(3)8-16(13)23-17(20)14-9-12(19(21)22)5-7-15(14)18/h5,7,9-11,13,16H,4,6,8H2,1-3H3/t11-,13-,16+/m0/s1. The largest absolute Gasteiger partial charge is 0.458 e. The molecule has 0 radical (unpaired) electrons. The molecular formula is C17H22ClNO4. The lowest BCUT2D eigenvalue weighted by atomic mass is 9.75. The Hall–Kier alpha value is -1.62. The highest BCUT2D eigenvalue weighted by Gasteiger charge is 2.34. The van der Waals surface area contributed by atoms with Crippen molar-refractivity contribution in [3.8, 4) is 0 Å². The van der Waals surface area contributed by atoms with E-state index < -0.39 is 10.9 Å². The van der Waals surface area contributed by atoms with Gasteiger partial charge in [-0.1, -0.05) is 38.8 Å². The first-order valence-electron chi connectivity index (χ1n) is 7.94. The second-order valence-electron chi connectivity index (χ2n) is 6.69. The molecule has 1 saturated carbocycles. The van der Waals surface area contributed by atoms with Crippen LogP contribution in [0.2, 0.25) is 5.02 Å². The number of rotatable bonds is 4.